The number of nitrogens with zero attached hydrogens (tertiary/aromatic N) is 1. The highest BCUT2D eigenvalue weighted by Crippen LogP contribution is 2.16. The van der Waals surface area contributed by atoms with E-state index in [-0.39, 0.29) is 5.41 Å². The van der Waals surface area contributed by atoms with Gasteiger partial charge in [0, 0.05) is 13.5 Å². The summed E-state index contributed by atoms with van der Waals surface area (Å²) in [6, 6.07) is 2.14. The summed E-state index contributed by atoms with van der Waals surface area (Å²) in [7, 11) is 1.62. The van der Waals surface area contributed by atoms with Gasteiger partial charge in [-0.15, -0.1) is 0 Å². The third kappa shape index (κ3) is 3.99. The Balaban J connectivity index is 3.49. The SMILES string of the molecule is COC[CH]C(C)(C)C#N. The summed E-state index contributed by atoms with van der Waals surface area (Å²) in [5.74, 6) is 0. The minimum atomic E-state index is -0.351. The first-order valence-electron chi connectivity index (χ1n) is 2.87. The molecule has 0 spiro atoms. The lowest BCUT2D eigenvalue weighted by molar-refractivity contribution is 0.209. The van der Waals surface area contributed by atoms with Crippen molar-refractivity contribution in [3.05, 3.63) is 6.42 Å². The highest BCUT2D eigenvalue weighted by molar-refractivity contribution is 5.01. The Hall–Kier alpha value is -0.550. The molecule has 0 amide bonds. The lowest BCUT2D eigenvalue weighted by Gasteiger charge is -2.12. The number of hydrogen-bond donors (Lipinski definition) is 0. The van der Waals surface area contributed by atoms with Crippen molar-refractivity contribution in [2.24, 2.45) is 5.41 Å². The molecule has 2 heteroatoms. The van der Waals surface area contributed by atoms with Crippen LogP contribution in [0.25, 0.3) is 0 Å². The molecule has 0 heterocycles. The Kier molecular flexibility index (Phi) is 3.26. The molecule has 0 aliphatic rings. The lowest BCUT2D eigenvalue weighted by atomic mass is 9.92. The maximum absolute atomic E-state index is 8.48. The van der Waals surface area contributed by atoms with E-state index in [1.807, 2.05) is 20.3 Å². The van der Waals surface area contributed by atoms with Gasteiger partial charge in [-0.25, -0.2) is 0 Å². The second kappa shape index (κ2) is 3.47. The second-order valence-corrected chi connectivity index (χ2v) is 2.49. The number of hydrogen-bond acceptors (Lipinski definition) is 2. The van der Waals surface area contributed by atoms with Gasteiger partial charge in [0.25, 0.3) is 0 Å². The Morgan fingerprint density at radius 2 is 2.22 bits per heavy atom. The molecule has 51 valence electrons. The first-order chi connectivity index (χ1) is 4.12. The minimum Gasteiger partial charge on any atom is -0.384 e. The van der Waals surface area contributed by atoms with Crippen LogP contribution in [0.15, 0.2) is 0 Å². The Labute approximate surface area is 56.4 Å². The van der Waals surface area contributed by atoms with Gasteiger partial charge >= 0.3 is 0 Å². The van der Waals surface area contributed by atoms with E-state index in [1.165, 1.54) is 0 Å². The van der Waals surface area contributed by atoms with Crippen molar-refractivity contribution < 1.29 is 4.74 Å². The van der Waals surface area contributed by atoms with Crippen LogP contribution >= 0.6 is 0 Å². The first-order valence-corrected chi connectivity index (χ1v) is 2.87. The molecule has 0 atom stereocenters. The van der Waals surface area contributed by atoms with Crippen molar-refractivity contribution in [1.82, 2.24) is 0 Å². The lowest BCUT2D eigenvalue weighted by Crippen LogP contribution is -2.11. The molecule has 0 aromatic heterocycles. The molecule has 2 nitrogen and oxygen atoms in total. The summed E-state index contributed by atoms with van der Waals surface area (Å²) < 4.78 is 4.77. The summed E-state index contributed by atoms with van der Waals surface area (Å²) >= 11 is 0. The van der Waals surface area contributed by atoms with E-state index in [2.05, 4.69) is 6.07 Å². The predicted molar refractivity (Wildman–Crippen MR) is 35.6 cm³/mol. The van der Waals surface area contributed by atoms with Gasteiger partial charge in [0.05, 0.1) is 18.1 Å². The molecule has 9 heavy (non-hydrogen) atoms. The summed E-state index contributed by atoms with van der Waals surface area (Å²) in [4.78, 5) is 0. The van der Waals surface area contributed by atoms with Crippen LogP contribution in [-0.4, -0.2) is 13.7 Å². The van der Waals surface area contributed by atoms with Crippen molar-refractivity contribution >= 4 is 0 Å². The molecule has 0 aliphatic carbocycles. The normalized spacial score (nSPS) is 10.9. The maximum atomic E-state index is 8.48. The van der Waals surface area contributed by atoms with E-state index in [9.17, 15) is 0 Å². The summed E-state index contributed by atoms with van der Waals surface area (Å²) in [6.45, 7) is 4.25. The third-order valence-electron chi connectivity index (χ3n) is 1.05. The Morgan fingerprint density at radius 1 is 1.67 bits per heavy atom. The van der Waals surface area contributed by atoms with Crippen LogP contribution < -0.4 is 0 Å². The highest BCUT2D eigenvalue weighted by Gasteiger charge is 2.15. The Bertz CT molecular complexity index is 113. The van der Waals surface area contributed by atoms with Crippen molar-refractivity contribution in [2.75, 3.05) is 13.7 Å². The zero-order valence-electron chi connectivity index (χ0n) is 6.14. The average molecular weight is 126 g/mol. The molecular weight excluding hydrogens is 114 g/mol. The predicted octanol–water partition coefficient (Wildman–Crippen LogP) is 1.39. The zero-order chi connectivity index (χ0) is 7.33. The van der Waals surface area contributed by atoms with Gasteiger partial charge < -0.3 is 4.74 Å². The van der Waals surface area contributed by atoms with Crippen LogP contribution in [0, 0.1) is 23.2 Å². The fraction of sp³-hybridized carbons (Fsp3) is 0.714. The molecule has 0 fully saturated rings. The molecule has 0 aliphatic heterocycles. The van der Waals surface area contributed by atoms with E-state index in [0.29, 0.717) is 6.61 Å². The molecule has 0 N–H and O–H groups in total. The fourth-order valence-electron chi connectivity index (χ4n) is 0.337. The Morgan fingerprint density at radius 3 is 2.56 bits per heavy atom. The second-order valence-electron chi connectivity index (χ2n) is 2.49. The molecule has 0 bridgehead atoms. The van der Waals surface area contributed by atoms with Crippen molar-refractivity contribution in [1.29, 1.82) is 5.26 Å². The van der Waals surface area contributed by atoms with Gasteiger partial charge in [-0.05, 0) is 13.8 Å². The number of ether oxygens (including phenoxy) is 1. The van der Waals surface area contributed by atoms with Crippen LogP contribution in [0.2, 0.25) is 0 Å². The summed E-state index contributed by atoms with van der Waals surface area (Å²) in [5, 5.41) is 8.48. The van der Waals surface area contributed by atoms with E-state index >= 15 is 0 Å². The van der Waals surface area contributed by atoms with E-state index in [0.717, 1.165) is 0 Å². The minimum absolute atomic E-state index is 0.351. The zero-order valence-corrected chi connectivity index (χ0v) is 6.14. The monoisotopic (exact) mass is 126 g/mol. The molecule has 0 aromatic rings. The van der Waals surface area contributed by atoms with E-state index in [1.54, 1.807) is 7.11 Å². The molecule has 0 saturated heterocycles. The summed E-state index contributed by atoms with van der Waals surface area (Å²) in [5.41, 5.74) is -0.351. The van der Waals surface area contributed by atoms with Crippen LogP contribution in [0.3, 0.4) is 0 Å². The van der Waals surface area contributed by atoms with Gasteiger partial charge in [-0.2, -0.15) is 5.26 Å². The molecule has 0 rings (SSSR count). The maximum Gasteiger partial charge on any atom is 0.0687 e. The fourth-order valence-corrected chi connectivity index (χ4v) is 0.337. The molecule has 1 radical (unpaired) electrons. The van der Waals surface area contributed by atoms with Crippen LogP contribution in [0.1, 0.15) is 13.8 Å². The number of methoxy groups -OCH3 is 1. The largest absolute Gasteiger partial charge is 0.384 e. The molecular formula is C7H12NO. The van der Waals surface area contributed by atoms with Gasteiger partial charge in [0.2, 0.25) is 0 Å². The third-order valence-corrected chi connectivity index (χ3v) is 1.05. The standard InChI is InChI=1S/C7H12NO/c1-7(2,6-8)4-5-9-3/h4H,5H2,1-3H3. The average Bonchev–Trinajstić information content (AvgIpc) is 1.84. The van der Waals surface area contributed by atoms with Crippen molar-refractivity contribution in [3.8, 4) is 6.07 Å². The number of nitriles is 1. The first kappa shape index (κ1) is 8.45. The summed E-state index contributed by atoms with van der Waals surface area (Å²) in [6.07, 6.45) is 1.84. The van der Waals surface area contributed by atoms with Crippen LogP contribution in [0.5, 0.6) is 0 Å². The van der Waals surface area contributed by atoms with Gasteiger partial charge in [-0.1, -0.05) is 0 Å². The molecule has 0 unspecified atom stereocenters. The van der Waals surface area contributed by atoms with Crippen molar-refractivity contribution in [3.63, 3.8) is 0 Å². The number of rotatable bonds is 3. The van der Waals surface area contributed by atoms with E-state index in [4.69, 9.17) is 10.00 Å². The van der Waals surface area contributed by atoms with E-state index < -0.39 is 0 Å². The smallest absolute Gasteiger partial charge is 0.0687 e. The van der Waals surface area contributed by atoms with Gasteiger partial charge in [0.15, 0.2) is 0 Å². The van der Waals surface area contributed by atoms with Gasteiger partial charge in [-0.3, -0.25) is 0 Å². The topological polar surface area (TPSA) is 33.0 Å². The highest BCUT2D eigenvalue weighted by atomic mass is 16.5. The van der Waals surface area contributed by atoms with Crippen LogP contribution in [0.4, 0.5) is 0 Å². The van der Waals surface area contributed by atoms with Crippen molar-refractivity contribution in [2.45, 2.75) is 13.8 Å². The van der Waals surface area contributed by atoms with Gasteiger partial charge in [0.1, 0.15) is 0 Å². The van der Waals surface area contributed by atoms with Crippen LogP contribution in [-0.2, 0) is 4.74 Å². The quantitative estimate of drug-likeness (QED) is 0.572. The molecule has 0 saturated carbocycles. The molecule has 0 aromatic carbocycles.